The molecule has 2 aliphatic heterocycles. The van der Waals surface area contributed by atoms with Gasteiger partial charge in [0.2, 0.25) is 5.88 Å². The number of allylic oxidation sites excluding steroid dienone is 2. The van der Waals surface area contributed by atoms with E-state index in [1.54, 1.807) is 0 Å². The molecule has 0 saturated heterocycles. The Morgan fingerprint density at radius 2 is 1.32 bits per heavy atom. The molecular weight excluding hydrogens is 468 g/mol. The zero-order valence-corrected chi connectivity index (χ0v) is 22.1. The number of benzene rings is 4. The Bertz CT molecular complexity index is 1510. The Morgan fingerprint density at radius 3 is 1.92 bits per heavy atom. The van der Waals surface area contributed by atoms with Crippen LogP contribution in [-0.2, 0) is 0 Å². The van der Waals surface area contributed by atoms with Gasteiger partial charge < -0.3 is 19.3 Å². The summed E-state index contributed by atoms with van der Waals surface area (Å²) in [5.74, 6) is 2.64. The monoisotopic (exact) mass is 500 g/mol. The molecule has 1 atom stereocenters. The van der Waals surface area contributed by atoms with E-state index in [1.807, 2.05) is 12.1 Å². The van der Waals surface area contributed by atoms with Crippen molar-refractivity contribution in [1.29, 1.82) is 0 Å². The van der Waals surface area contributed by atoms with Gasteiger partial charge in [-0.2, -0.15) is 0 Å². The van der Waals surface area contributed by atoms with Crippen molar-refractivity contribution < 1.29 is 9.47 Å². The molecule has 0 saturated carbocycles. The molecule has 0 radical (unpaired) electrons. The molecule has 2 heterocycles. The second-order valence-electron chi connectivity index (χ2n) is 9.63. The molecule has 190 valence electrons. The third kappa shape index (κ3) is 4.43. The smallest absolute Gasteiger partial charge is 0.200 e. The third-order valence-electron chi connectivity index (χ3n) is 7.18. The topological polar surface area (TPSA) is 24.9 Å². The van der Waals surface area contributed by atoms with E-state index in [2.05, 4.69) is 128 Å². The van der Waals surface area contributed by atoms with E-state index in [4.69, 9.17) is 9.47 Å². The minimum absolute atomic E-state index is 0.165. The maximum atomic E-state index is 6.38. The lowest BCUT2D eigenvalue weighted by atomic mass is 10.0. The van der Waals surface area contributed by atoms with Gasteiger partial charge in [-0.3, -0.25) is 0 Å². The number of anilines is 2. The molecule has 0 spiro atoms. The zero-order chi connectivity index (χ0) is 26.1. The van der Waals surface area contributed by atoms with Crippen molar-refractivity contribution in [2.24, 2.45) is 0 Å². The first kappa shape index (κ1) is 23.9. The van der Waals surface area contributed by atoms with Crippen molar-refractivity contribution in [3.8, 4) is 33.8 Å². The number of ether oxygens (including phenoxy) is 2. The van der Waals surface area contributed by atoms with Crippen molar-refractivity contribution in [3.63, 3.8) is 0 Å². The quantitative estimate of drug-likeness (QED) is 0.266. The Labute approximate surface area is 225 Å². The molecule has 38 heavy (non-hydrogen) atoms. The summed E-state index contributed by atoms with van der Waals surface area (Å²) in [6, 6.07) is 33.8. The van der Waals surface area contributed by atoms with E-state index in [9.17, 15) is 0 Å². The van der Waals surface area contributed by atoms with E-state index in [0.29, 0.717) is 0 Å². The van der Waals surface area contributed by atoms with Crippen LogP contribution in [0.2, 0.25) is 0 Å². The Hall–Kier alpha value is -4.44. The second-order valence-corrected chi connectivity index (χ2v) is 9.63. The summed E-state index contributed by atoms with van der Waals surface area (Å²) in [6.45, 7) is 8.10. The highest BCUT2D eigenvalue weighted by Crippen LogP contribution is 2.43. The van der Waals surface area contributed by atoms with E-state index in [0.717, 1.165) is 47.4 Å². The fourth-order valence-electron chi connectivity index (χ4n) is 5.27. The van der Waals surface area contributed by atoms with Crippen molar-refractivity contribution >= 4 is 11.4 Å². The van der Waals surface area contributed by atoms with Gasteiger partial charge in [-0.05, 0) is 78.9 Å². The molecule has 1 unspecified atom stereocenters. The van der Waals surface area contributed by atoms with Crippen LogP contribution in [0.1, 0.15) is 20.8 Å². The van der Waals surface area contributed by atoms with Crippen molar-refractivity contribution in [1.82, 2.24) is 0 Å². The van der Waals surface area contributed by atoms with Crippen LogP contribution >= 0.6 is 0 Å². The van der Waals surface area contributed by atoms with Crippen LogP contribution in [0.3, 0.4) is 0 Å². The van der Waals surface area contributed by atoms with E-state index in [1.165, 1.54) is 22.3 Å². The largest absolute Gasteiger partial charge is 0.465 e. The summed E-state index contributed by atoms with van der Waals surface area (Å²) in [5, 5.41) is 0. The highest BCUT2D eigenvalue weighted by atomic mass is 16.5. The summed E-state index contributed by atoms with van der Waals surface area (Å²) >= 11 is 0. The van der Waals surface area contributed by atoms with Gasteiger partial charge in [0.05, 0.1) is 11.4 Å². The van der Waals surface area contributed by atoms with Crippen LogP contribution in [0.25, 0.3) is 22.3 Å². The van der Waals surface area contributed by atoms with Crippen molar-refractivity contribution in [3.05, 3.63) is 121 Å². The number of fused-ring (bicyclic) bond motifs is 2. The summed E-state index contributed by atoms with van der Waals surface area (Å²) in [6.07, 6.45) is 4.12. The summed E-state index contributed by atoms with van der Waals surface area (Å²) in [4.78, 5) is 4.53. The summed E-state index contributed by atoms with van der Waals surface area (Å²) < 4.78 is 12.7. The molecule has 4 heteroatoms. The SMILES string of the molecule is CCN1C(=CC(C)=CC2Oc3ccc(-c4ccccc4)cc3N2CC)Oc2ccc(-c3ccccc3)cc21. The van der Waals surface area contributed by atoms with E-state index < -0.39 is 0 Å². The number of hydrogen-bond acceptors (Lipinski definition) is 4. The Kier molecular flexibility index (Phi) is 6.38. The molecule has 0 N–H and O–H groups in total. The van der Waals surface area contributed by atoms with Crippen LogP contribution < -0.4 is 19.3 Å². The average molecular weight is 501 g/mol. The normalized spacial score (nSPS) is 17.3. The molecule has 4 aromatic rings. The summed E-state index contributed by atoms with van der Waals surface area (Å²) in [5.41, 5.74) is 8.11. The first-order chi connectivity index (χ1) is 18.6. The van der Waals surface area contributed by atoms with Crippen LogP contribution in [0.5, 0.6) is 11.5 Å². The highest BCUT2D eigenvalue weighted by Gasteiger charge is 2.29. The minimum Gasteiger partial charge on any atom is -0.465 e. The highest BCUT2D eigenvalue weighted by molar-refractivity contribution is 5.77. The van der Waals surface area contributed by atoms with Crippen LogP contribution in [-0.4, -0.2) is 19.3 Å². The molecule has 2 aliphatic rings. The number of hydrogen-bond donors (Lipinski definition) is 0. The minimum atomic E-state index is -0.165. The Balaban J connectivity index is 1.25. The molecule has 0 aliphatic carbocycles. The fourth-order valence-corrected chi connectivity index (χ4v) is 5.27. The average Bonchev–Trinajstić information content (AvgIpc) is 3.49. The first-order valence-electron chi connectivity index (χ1n) is 13.3. The lowest BCUT2D eigenvalue weighted by molar-refractivity contribution is 0.274. The number of nitrogens with zero attached hydrogens (tertiary/aromatic N) is 2. The maximum absolute atomic E-state index is 6.38. The number of likely N-dealkylation sites (N-methyl/N-ethyl adjacent to an activating group) is 1. The lowest BCUT2D eigenvalue weighted by Crippen LogP contribution is -2.32. The maximum Gasteiger partial charge on any atom is 0.200 e. The van der Waals surface area contributed by atoms with Gasteiger partial charge in [0.1, 0.15) is 5.75 Å². The van der Waals surface area contributed by atoms with Crippen LogP contribution in [0.4, 0.5) is 11.4 Å². The van der Waals surface area contributed by atoms with Crippen molar-refractivity contribution in [2.75, 3.05) is 22.9 Å². The van der Waals surface area contributed by atoms with Gasteiger partial charge in [-0.25, -0.2) is 0 Å². The van der Waals surface area contributed by atoms with Gasteiger partial charge in [-0.15, -0.1) is 0 Å². The molecule has 0 aromatic heterocycles. The standard InChI is InChI=1S/C34H32N2O2/c1-4-35-29-22-27(25-12-8-6-9-13-25)16-18-31(29)37-33(35)20-24(3)21-34-36(5-2)30-23-28(17-19-32(30)38-34)26-14-10-7-11-15-26/h6-23,33H,4-5H2,1-3H3. The third-order valence-corrected chi connectivity index (χ3v) is 7.18. The van der Waals surface area contributed by atoms with E-state index >= 15 is 0 Å². The predicted octanol–water partition coefficient (Wildman–Crippen LogP) is 8.27. The van der Waals surface area contributed by atoms with Crippen LogP contribution in [0, 0.1) is 0 Å². The van der Waals surface area contributed by atoms with Crippen LogP contribution in [0.15, 0.2) is 121 Å². The van der Waals surface area contributed by atoms with Gasteiger partial charge in [0.15, 0.2) is 12.0 Å². The molecule has 0 amide bonds. The fraction of sp³-hybridized carbons (Fsp3) is 0.176. The van der Waals surface area contributed by atoms with Gasteiger partial charge in [-0.1, -0.05) is 72.8 Å². The molecule has 0 bridgehead atoms. The molecule has 4 aromatic carbocycles. The van der Waals surface area contributed by atoms with Gasteiger partial charge >= 0.3 is 0 Å². The molecular formula is C34H32N2O2. The Morgan fingerprint density at radius 1 is 0.711 bits per heavy atom. The molecule has 6 rings (SSSR count). The second kappa shape index (κ2) is 10.1. The lowest BCUT2D eigenvalue weighted by Gasteiger charge is -2.22. The zero-order valence-electron chi connectivity index (χ0n) is 22.1. The van der Waals surface area contributed by atoms with Gasteiger partial charge in [0, 0.05) is 19.2 Å². The number of rotatable bonds is 6. The van der Waals surface area contributed by atoms with Crippen molar-refractivity contribution in [2.45, 2.75) is 27.0 Å². The van der Waals surface area contributed by atoms with Gasteiger partial charge in [0.25, 0.3) is 0 Å². The molecule has 0 fully saturated rings. The van der Waals surface area contributed by atoms with E-state index in [-0.39, 0.29) is 6.23 Å². The summed E-state index contributed by atoms with van der Waals surface area (Å²) in [7, 11) is 0. The first-order valence-corrected chi connectivity index (χ1v) is 13.3. The molecule has 4 nitrogen and oxygen atoms in total. The predicted molar refractivity (Wildman–Crippen MR) is 157 cm³/mol.